The maximum atomic E-state index is 11.5. The van der Waals surface area contributed by atoms with Crippen LogP contribution in [0.15, 0.2) is 18.2 Å². The van der Waals surface area contributed by atoms with Crippen LogP contribution in [0.1, 0.15) is 20.7 Å². The summed E-state index contributed by atoms with van der Waals surface area (Å²) in [6, 6.07) is 3.67. The number of hydrogen-bond acceptors (Lipinski definition) is 5. The zero-order valence-electron chi connectivity index (χ0n) is 8.25. The number of rotatable bonds is 4. The molecule has 0 radical (unpaired) electrons. The molecule has 1 atom stereocenters. The van der Waals surface area contributed by atoms with Crippen molar-refractivity contribution in [1.29, 1.82) is 0 Å². The SMILES string of the molecule is Nc1ccc(C(=O)O)c(C(=O)C(O)CO)c1. The second-order valence-corrected chi connectivity index (χ2v) is 3.17. The minimum atomic E-state index is -1.64. The average Bonchev–Trinajstić information content (AvgIpc) is 2.26. The molecule has 6 heteroatoms. The Morgan fingerprint density at radius 1 is 1.31 bits per heavy atom. The predicted molar refractivity (Wildman–Crippen MR) is 55.2 cm³/mol. The Kier molecular flexibility index (Phi) is 3.60. The van der Waals surface area contributed by atoms with Gasteiger partial charge >= 0.3 is 5.97 Å². The van der Waals surface area contributed by atoms with Gasteiger partial charge in [-0.3, -0.25) is 4.79 Å². The van der Waals surface area contributed by atoms with Crippen LogP contribution in [0.25, 0.3) is 0 Å². The molecule has 0 aliphatic heterocycles. The number of aliphatic hydroxyl groups excluding tert-OH is 2. The second-order valence-electron chi connectivity index (χ2n) is 3.17. The fraction of sp³-hybridized carbons (Fsp3) is 0.200. The van der Waals surface area contributed by atoms with Crippen molar-refractivity contribution in [1.82, 2.24) is 0 Å². The van der Waals surface area contributed by atoms with Crippen LogP contribution in [-0.4, -0.2) is 39.8 Å². The van der Waals surface area contributed by atoms with Gasteiger partial charge in [-0.25, -0.2) is 4.79 Å². The van der Waals surface area contributed by atoms with E-state index in [0.717, 1.165) is 6.07 Å². The van der Waals surface area contributed by atoms with Gasteiger partial charge in [0.2, 0.25) is 0 Å². The van der Waals surface area contributed by atoms with Crippen LogP contribution < -0.4 is 5.73 Å². The van der Waals surface area contributed by atoms with E-state index >= 15 is 0 Å². The Bertz CT molecular complexity index is 429. The molecule has 0 aromatic heterocycles. The Hall–Kier alpha value is -1.92. The molecule has 1 rings (SSSR count). The lowest BCUT2D eigenvalue weighted by Crippen LogP contribution is -2.26. The molecule has 5 N–H and O–H groups in total. The van der Waals surface area contributed by atoms with Crippen LogP contribution in [0.3, 0.4) is 0 Å². The van der Waals surface area contributed by atoms with Crippen molar-refractivity contribution in [3.05, 3.63) is 29.3 Å². The third-order valence-electron chi connectivity index (χ3n) is 2.02. The average molecular weight is 225 g/mol. The molecule has 1 aromatic rings. The van der Waals surface area contributed by atoms with E-state index in [9.17, 15) is 9.59 Å². The number of aromatic carboxylic acids is 1. The number of carboxylic acid groups (broad SMARTS) is 1. The van der Waals surface area contributed by atoms with Gasteiger partial charge in [0.15, 0.2) is 5.78 Å². The maximum absolute atomic E-state index is 11.5. The first-order valence-electron chi connectivity index (χ1n) is 4.43. The molecular weight excluding hydrogens is 214 g/mol. The van der Waals surface area contributed by atoms with Gasteiger partial charge in [-0.2, -0.15) is 0 Å². The molecule has 1 aromatic carbocycles. The molecule has 0 saturated heterocycles. The Morgan fingerprint density at radius 2 is 1.94 bits per heavy atom. The van der Waals surface area contributed by atoms with E-state index in [4.69, 9.17) is 21.1 Å². The summed E-state index contributed by atoms with van der Waals surface area (Å²) in [6.45, 7) is -0.771. The Labute approximate surface area is 90.9 Å². The number of carboxylic acids is 1. The van der Waals surface area contributed by atoms with Crippen LogP contribution in [0.2, 0.25) is 0 Å². The molecule has 0 spiro atoms. The predicted octanol–water partition coefficient (Wildman–Crippen LogP) is -0.497. The molecule has 86 valence electrons. The highest BCUT2D eigenvalue weighted by atomic mass is 16.4. The van der Waals surface area contributed by atoms with E-state index in [1.807, 2.05) is 0 Å². The van der Waals surface area contributed by atoms with Crippen LogP contribution in [0.4, 0.5) is 5.69 Å². The van der Waals surface area contributed by atoms with Crippen molar-refractivity contribution in [3.8, 4) is 0 Å². The monoisotopic (exact) mass is 225 g/mol. The summed E-state index contributed by atoms with van der Waals surface area (Å²) < 4.78 is 0. The smallest absolute Gasteiger partial charge is 0.336 e. The lowest BCUT2D eigenvalue weighted by molar-refractivity contribution is 0.0576. The van der Waals surface area contributed by atoms with Gasteiger partial charge in [-0.1, -0.05) is 0 Å². The van der Waals surface area contributed by atoms with E-state index in [0.29, 0.717) is 0 Å². The minimum absolute atomic E-state index is 0.207. The highest BCUT2D eigenvalue weighted by molar-refractivity contribution is 6.08. The van der Waals surface area contributed by atoms with Crippen molar-refractivity contribution in [2.45, 2.75) is 6.10 Å². The van der Waals surface area contributed by atoms with Crippen molar-refractivity contribution < 1.29 is 24.9 Å². The summed E-state index contributed by atoms with van der Waals surface area (Å²) in [6.07, 6.45) is -1.64. The first-order valence-corrected chi connectivity index (χ1v) is 4.43. The number of nitrogens with two attached hydrogens (primary N) is 1. The van der Waals surface area contributed by atoms with Gasteiger partial charge in [-0.05, 0) is 18.2 Å². The van der Waals surface area contributed by atoms with Crippen LogP contribution in [-0.2, 0) is 0 Å². The zero-order chi connectivity index (χ0) is 12.3. The summed E-state index contributed by atoms with van der Waals surface area (Å²) in [5.41, 5.74) is 5.15. The van der Waals surface area contributed by atoms with Gasteiger partial charge < -0.3 is 21.1 Å². The third-order valence-corrected chi connectivity index (χ3v) is 2.02. The normalized spacial score (nSPS) is 12.1. The molecule has 6 nitrogen and oxygen atoms in total. The summed E-state index contributed by atoms with van der Waals surface area (Å²) in [7, 11) is 0. The molecule has 0 heterocycles. The molecule has 0 aliphatic rings. The van der Waals surface area contributed by atoms with Crippen molar-refractivity contribution in [3.63, 3.8) is 0 Å². The van der Waals surface area contributed by atoms with Gasteiger partial charge in [0.1, 0.15) is 6.10 Å². The van der Waals surface area contributed by atoms with E-state index < -0.39 is 24.5 Å². The number of Topliss-reactive ketones (excluding diaryl/α,β-unsaturated/α-hetero) is 1. The lowest BCUT2D eigenvalue weighted by atomic mass is 9.99. The van der Waals surface area contributed by atoms with E-state index in [1.165, 1.54) is 12.1 Å². The highest BCUT2D eigenvalue weighted by Gasteiger charge is 2.22. The molecule has 0 saturated carbocycles. The minimum Gasteiger partial charge on any atom is -0.478 e. The van der Waals surface area contributed by atoms with Crippen LogP contribution in [0, 0.1) is 0 Å². The summed E-state index contributed by atoms with van der Waals surface area (Å²) >= 11 is 0. The topological polar surface area (TPSA) is 121 Å². The summed E-state index contributed by atoms with van der Waals surface area (Å²) in [5, 5.41) is 26.6. The van der Waals surface area contributed by atoms with Gasteiger partial charge in [-0.15, -0.1) is 0 Å². The number of carbonyl (C=O) groups excluding carboxylic acids is 1. The number of anilines is 1. The molecule has 16 heavy (non-hydrogen) atoms. The molecular formula is C10H11NO5. The van der Waals surface area contributed by atoms with Gasteiger partial charge in [0, 0.05) is 11.3 Å². The number of benzene rings is 1. The molecule has 0 amide bonds. The highest BCUT2D eigenvalue weighted by Crippen LogP contribution is 2.16. The number of aliphatic hydroxyl groups is 2. The molecule has 0 bridgehead atoms. The molecule has 0 fully saturated rings. The quantitative estimate of drug-likeness (QED) is 0.405. The van der Waals surface area contributed by atoms with Crippen LogP contribution >= 0.6 is 0 Å². The van der Waals surface area contributed by atoms with Gasteiger partial charge in [0.05, 0.1) is 12.2 Å². The van der Waals surface area contributed by atoms with Crippen molar-refractivity contribution >= 4 is 17.4 Å². The molecule has 1 unspecified atom stereocenters. The first-order chi connectivity index (χ1) is 7.47. The van der Waals surface area contributed by atoms with Crippen LogP contribution in [0.5, 0.6) is 0 Å². The van der Waals surface area contributed by atoms with Crippen molar-refractivity contribution in [2.24, 2.45) is 0 Å². The maximum Gasteiger partial charge on any atom is 0.336 e. The second kappa shape index (κ2) is 4.73. The fourth-order valence-corrected chi connectivity index (χ4v) is 1.21. The molecule has 0 aliphatic carbocycles. The Morgan fingerprint density at radius 3 is 2.44 bits per heavy atom. The third kappa shape index (κ3) is 2.36. The number of carbonyl (C=O) groups is 2. The zero-order valence-corrected chi connectivity index (χ0v) is 8.25. The van der Waals surface area contributed by atoms with E-state index in [2.05, 4.69) is 0 Å². The number of ketones is 1. The largest absolute Gasteiger partial charge is 0.478 e. The fourth-order valence-electron chi connectivity index (χ4n) is 1.21. The standard InChI is InChI=1S/C10H11NO5/c11-5-1-2-6(10(15)16)7(3-5)9(14)8(13)4-12/h1-3,8,12-13H,4,11H2,(H,15,16). The Balaban J connectivity index is 3.24. The van der Waals surface area contributed by atoms with E-state index in [1.54, 1.807) is 0 Å². The van der Waals surface area contributed by atoms with Crippen molar-refractivity contribution in [2.75, 3.05) is 12.3 Å². The van der Waals surface area contributed by atoms with Gasteiger partial charge in [0.25, 0.3) is 0 Å². The summed E-state index contributed by atoms with van der Waals surface area (Å²) in [4.78, 5) is 22.3. The number of nitrogen functional groups attached to an aromatic ring is 1. The lowest BCUT2D eigenvalue weighted by Gasteiger charge is -2.09. The number of hydrogen-bond donors (Lipinski definition) is 4. The first kappa shape index (κ1) is 12.2. The van der Waals surface area contributed by atoms with E-state index in [-0.39, 0.29) is 16.8 Å². The summed E-state index contributed by atoms with van der Waals surface area (Å²) in [5.74, 6) is -2.17.